The average Bonchev–Trinajstić information content (AvgIpc) is 2.88. The Kier molecular flexibility index (Phi) is 3.90. The smallest absolute Gasteiger partial charge is 0.265 e. The van der Waals surface area contributed by atoms with Crippen molar-refractivity contribution >= 4 is 28.4 Å². The van der Waals surface area contributed by atoms with Crippen LogP contribution in [0.3, 0.4) is 0 Å². The molecule has 1 atom stereocenters. The van der Waals surface area contributed by atoms with Crippen molar-refractivity contribution in [2.45, 2.75) is 19.3 Å². The van der Waals surface area contributed by atoms with Gasteiger partial charge in [0.1, 0.15) is 5.69 Å². The quantitative estimate of drug-likeness (QED) is 0.734. The van der Waals surface area contributed by atoms with Gasteiger partial charge in [-0.1, -0.05) is 48.9 Å². The fourth-order valence-corrected chi connectivity index (χ4v) is 3.21. The van der Waals surface area contributed by atoms with Crippen LogP contribution in [0.4, 0.5) is 0 Å². The van der Waals surface area contributed by atoms with Crippen molar-refractivity contribution in [1.29, 1.82) is 0 Å². The molecule has 1 amide bonds. The molecule has 0 bridgehead atoms. The molecule has 0 saturated heterocycles. The Morgan fingerprint density at radius 2 is 1.95 bits per heavy atom. The van der Waals surface area contributed by atoms with Crippen LogP contribution < -0.4 is 5.73 Å². The Hall–Kier alpha value is -2.26. The van der Waals surface area contributed by atoms with E-state index in [0.717, 1.165) is 28.5 Å². The summed E-state index contributed by atoms with van der Waals surface area (Å²) in [6, 6.07) is 15.7. The molecule has 2 aromatic carbocycles. The van der Waals surface area contributed by atoms with Gasteiger partial charge in [-0.15, -0.1) is 0 Å². The van der Waals surface area contributed by atoms with Crippen LogP contribution in [-0.2, 0) is 0 Å². The Labute approximate surface area is 134 Å². The zero-order valence-corrected chi connectivity index (χ0v) is 13.0. The third kappa shape index (κ3) is 2.48. The van der Waals surface area contributed by atoms with Gasteiger partial charge in [0, 0.05) is 21.8 Å². The summed E-state index contributed by atoms with van der Waals surface area (Å²) >= 11 is 6.14. The molecule has 0 aliphatic rings. The summed E-state index contributed by atoms with van der Waals surface area (Å²) in [7, 11) is 0. The van der Waals surface area contributed by atoms with Crippen molar-refractivity contribution in [1.82, 2.24) is 4.98 Å². The van der Waals surface area contributed by atoms with Crippen molar-refractivity contribution in [3.8, 4) is 0 Å². The molecule has 3 N–H and O–H groups in total. The van der Waals surface area contributed by atoms with E-state index in [1.165, 1.54) is 0 Å². The van der Waals surface area contributed by atoms with Crippen molar-refractivity contribution in [3.05, 3.63) is 70.4 Å². The largest absolute Gasteiger partial charge is 0.364 e. The number of carbonyl (C=O) groups excluding carboxylic acids is 1. The lowest BCUT2D eigenvalue weighted by atomic mass is 9.87. The van der Waals surface area contributed by atoms with E-state index in [2.05, 4.69) is 24.0 Å². The number of aromatic nitrogens is 1. The molecule has 1 aromatic heterocycles. The second-order valence-corrected chi connectivity index (χ2v) is 5.78. The van der Waals surface area contributed by atoms with Crippen molar-refractivity contribution in [2.24, 2.45) is 5.73 Å². The first-order valence-electron chi connectivity index (χ1n) is 7.27. The van der Waals surface area contributed by atoms with E-state index in [1.807, 2.05) is 30.3 Å². The molecule has 0 spiro atoms. The number of fused-ring (bicyclic) bond motifs is 1. The predicted octanol–water partition coefficient (Wildman–Crippen LogP) is 4.46. The molecule has 3 rings (SSSR count). The zero-order chi connectivity index (χ0) is 15.7. The number of aromatic amines is 1. The molecule has 22 heavy (non-hydrogen) atoms. The van der Waals surface area contributed by atoms with Crippen LogP contribution in [0.1, 0.15) is 40.9 Å². The third-order valence-electron chi connectivity index (χ3n) is 4.01. The maximum Gasteiger partial charge on any atom is 0.265 e. The van der Waals surface area contributed by atoms with Crippen LogP contribution in [0.15, 0.2) is 48.5 Å². The average molecular weight is 313 g/mol. The number of nitrogens with two attached hydrogens (primary N) is 1. The SMILES string of the molecule is CCC(c1ccccc1)c1c(C(N)=O)[nH]c2ccc(Cl)cc12. The van der Waals surface area contributed by atoms with E-state index in [0.29, 0.717) is 10.7 Å². The van der Waals surface area contributed by atoms with Crippen LogP contribution in [0, 0.1) is 0 Å². The van der Waals surface area contributed by atoms with E-state index >= 15 is 0 Å². The molecule has 0 aliphatic heterocycles. The number of benzene rings is 2. The van der Waals surface area contributed by atoms with Crippen molar-refractivity contribution < 1.29 is 4.79 Å². The van der Waals surface area contributed by atoms with Gasteiger partial charge in [-0.05, 0) is 35.7 Å². The number of rotatable bonds is 4. The Balaban J connectivity index is 2.29. The first-order chi connectivity index (χ1) is 10.6. The van der Waals surface area contributed by atoms with Gasteiger partial charge in [-0.3, -0.25) is 4.79 Å². The second kappa shape index (κ2) is 5.85. The molecular formula is C18H17ClN2O. The first kappa shape index (κ1) is 14.7. The minimum Gasteiger partial charge on any atom is -0.364 e. The molecule has 1 unspecified atom stereocenters. The summed E-state index contributed by atoms with van der Waals surface area (Å²) in [5.41, 5.74) is 9.02. The number of halogens is 1. The summed E-state index contributed by atoms with van der Waals surface area (Å²) in [6.45, 7) is 2.10. The van der Waals surface area contributed by atoms with Crippen LogP contribution in [0.25, 0.3) is 10.9 Å². The molecule has 0 aliphatic carbocycles. The summed E-state index contributed by atoms with van der Waals surface area (Å²) in [5, 5.41) is 1.60. The standard InChI is InChI=1S/C18H17ClN2O/c1-2-13(11-6-4-3-5-7-11)16-14-10-12(19)8-9-15(14)21-17(16)18(20)22/h3-10,13,21H,2H2,1H3,(H2,20,22). The van der Waals surface area contributed by atoms with Crippen LogP contribution in [0.5, 0.6) is 0 Å². The van der Waals surface area contributed by atoms with Gasteiger partial charge in [0.2, 0.25) is 0 Å². The van der Waals surface area contributed by atoms with E-state index in [-0.39, 0.29) is 5.92 Å². The number of H-pyrrole nitrogens is 1. The maximum atomic E-state index is 11.9. The van der Waals surface area contributed by atoms with Crippen molar-refractivity contribution in [2.75, 3.05) is 0 Å². The third-order valence-corrected chi connectivity index (χ3v) is 4.24. The van der Waals surface area contributed by atoms with E-state index in [1.54, 1.807) is 6.07 Å². The van der Waals surface area contributed by atoms with Gasteiger partial charge in [-0.25, -0.2) is 0 Å². The maximum absolute atomic E-state index is 11.9. The van der Waals surface area contributed by atoms with Gasteiger partial charge in [0.25, 0.3) is 5.91 Å². The van der Waals surface area contributed by atoms with Gasteiger partial charge >= 0.3 is 0 Å². The molecule has 0 radical (unpaired) electrons. The monoisotopic (exact) mass is 312 g/mol. The topological polar surface area (TPSA) is 58.9 Å². The second-order valence-electron chi connectivity index (χ2n) is 5.34. The van der Waals surface area contributed by atoms with Crippen LogP contribution in [0.2, 0.25) is 5.02 Å². The summed E-state index contributed by atoms with van der Waals surface area (Å²) < 4.78 is 0. The summed E-state index contributed by atoms with van der Waals surface area (Å²) in [5.74, 6) is -0.354. The lowest BCUT2D eigenvalue weighted by molar-refractivity contribution is 0.0995. The fraction of sp³-hybridized carbons (Fsp3) is 0.167. The van der Waals surface area contributed by atoms with E-state index in [4.69, 9.17) is 17.3 Å². The molecular weight excluding hydrogens is 296 g/mol. The highest BCUT2D eigenvalue weighted by Gasteiger charge is 2.23. The highest BCUT2D eigenvalue weighted by Crippen LogP contribution is 2.36. The number of carbonyl (C=O) groups is 1. The van der Waals surface area contributed by atoms with Gasteiger partial charge in [0.05, 0.1) is 0 Å². The number of nitrogens with one attached hydrogen (secondary N) is 1. The minimum atomic E-state index is -0.447. The molecule has 0 saturated carbocycles. The van der Waals surface area contributed by atoms with Crippen LogP contribution >= 0.6 is 11.6 Å². The number of hydrogen-bond acceptors (Lipinski definition) is 1. The lowest BCUT2D eigenvalue weighted by Gasteiger charge is -2.16. The summed E-state index contributed by atoms with van der Waals surface area (Å²) in [4.78, 5) is 15.0. The zero-order valence-electron chi connectivity index (χ0n) is 12.3. The first-order valence-corrected chi connectivity index (χ1v) is 7.65. The molecule has 112 valence electrons. The molecule has 1 heterocycles. The van der Waals surface area contributed by atoms with Gasteiger partial charge in [-0.2, -0.15) is 0 Å². The molecule has 3 aromatic rings. The highest BCUT2D eigenvalue weighted by molar-refractivity contribution is 6.31. The van der Waals surface area contributed by atoms with E-state index < -0.39 is 5.91 Å². The van der Waals surface area contributed by atoms with Gasteiger partial charge in [0.15, 0.2) is 0 Å². The Morgan fingerprint density at radius 1 is 1.23 bits per heavy atom. The number of primary amides is 1. The van der Waals surface area contributed by atoms with E-state index in [9.17, 15) is 4.79 Å². The Bertz CT molecular complexity index is 824. The molecule has 3 nitrogen and oxygen atoms in total. The van der Waals surface area contributed by atoms with Crippen molar-refractivity contribution in [3.63, 3.8) is 0 Å². The molecule has 4 heteroatoms. The highest BCUT2D eigenvalue weighted by atomic mass is 35.5. The number of amides is 1. The Morgan fingerprint density at radius 3 is 2.59 bits per heavy atom. The predicted molar refractivity (Wildman–Crippen MR) is 90.4 cm³/mol. The van der Waals surface area contributed by atoms with Crippen LogP contribution in [-0.4, -0.2) is 10.9 Å². The molecule has 0 fully saturated rings. The number of hydrogen-bond donors (Lipinski definition) is 2. The normalized spacial score (nSPS) is 12.5. The summed E-state index contributed by atoms with van der Waals surface area (Å²) in [6.07, 6.45) is 0.865. The fourth-order valence-electron chi connectivity index (χ4n) is 3.03. The minimum absolute atomic E-state index is 0.0934. The van der Waals surface area contributed by atoms with Gasteiger partial charge < -0.3 is 10.7 Å². The lowest BCUT2D eigenvalue weighted by Crippen LogP contribution is -2.15.